The standard InChI is InChI=1S/C20H22O3/c1-12-6-13(2)10-17(9-12)20(22)23-11-18(21)19-15(4)7-14(3)8-16(19)5/h6-10H,11H2,1-5H3. The zero-order chi connectivity index (χ0) is 17.1. The van der Waals surface area contributed by atoms with Crippen molar-refractivity contribution in [2.45, 2.75) is 34.6 Å². The first-order chi connectivity index (χ1) is 10.8. The van der Waals surface area contributed by atoms with Gasteiger partial charge in [-0.05, 0) is 57.9 Å². The van der Waals surface area contributed by atoms with Crippen LogP contribution in [0.3, 0.4) is 0 Å². The van der Waals surface area contributed by atoms with Crippen molar-refractivity contribution in [3.05, 3.63) is 69.3 Å². The van der Waals surface area contributed by atoms with Gasteiger partial charge in [-0.2, -0.15) is 0 Å². The van der Waals surface area contributed by atoms with Crippen molar-refractivity contribution in [2.75, 3.05) is 6.61 Å². The van der Waals surface area contributed by atoms with Crippen molar-refractivity contribution in [3.8, 4) is 0 Å². The molecule has 2 rings (SSSR count). The van der Waals surface area contributed by atoms with E-state index in [0.717, 1.165) is 27.8 Å². The van der Waals surface area contributed by atoms with Crippen LogP contribution in [0.5, 0.6) is 0 Å². The van der Waals surface area contributed by atoms with Crippen LogP contribution in [0.2, 0.25) is 0 Å². The minimum atomic E-state index is -0.465. The number of ether oxygens (including phenoxy) is 1. The Balaban J connectivity index is 2.11. The molecule has 0 amide bonds. The molecule has 0 bridgehead atoms. The Bertz CT molecular complexity index is 729. The molecule has 0 saturated heterocycles. The Morgan fingerprint density at radius 2 is 1.26 bits per heavy atom. The number of hydrogen-bond donors (Lipinski definition) is 0. The summed E-state index contributed by atoms with van der Waals surface area (Å²) in [6.45, 7) is 9.41. The van der Waals surface area contributed by atoms with E-state index in [2.05, 4.69) is 0 Å². The van der Waals surface area contributed by atoms with Gasteiger partial charge in [0.2, 0.25) is 5.78 Å². The lowest BCUT2D eigenvalue weighted by molar-refractivity contribution is 0.0474. The summed E-state index contributed by atoms with van der Waals surface area (Å²) in [5.74, 6) is -0.634. The summed E-state index contributed by atoms with van der Waals surface area (Å²) in [6.07, 6.45) is 0. The summed E-state index contributed by atoms with van der Waals surface area (Å²) in [5, 5.41) is 0. The summed E-state index contributed by atoms with van der Waals surface area (Å²) < 4.78 is 5.21. The predicted octanol–water partition coefficient (Wildman–Crippen LogP) is 4.27. The van der Waals surface area contributed by atoms with Crippen LogP contribution in [0.15, 0.2) is 30.3 Å². The molecule has 3 nitrogen and oxygen atoms in total. The molecule has 0 aliphatic heterocycles. The summed E-state index contributed by atoms with van der Waals surface area (Å²) in [5.41, 5.74) is 6.05. The number of esters is 1. The van der Waals surface area contributed by atoms with Crippen LogP contribution in [-0.4, -0.2) is 18.4 Å². The summed E-state index contributed by atoms with van der Waals surface area (Å²) in [6, 6.07) is 9.45. The topological polar surface area (TPSA) is 43.4 Å². The van der Waals surface area contributed by atoms with Crippen LogP contribution < -0.4 is 0 Å². The molecular weight excluding hydrogens is 288 g/mol. The summed E-state index contributed by atoms with van der Waals surface area (Å²) in [7, 11) is 0. The van der Waals surface area contributed by atoms with Gasteiger partial charge >= 0.3 is 5.97 Å². The maximum atomic E-state index is 12.4. The van der Waals surface area contributed by atoms with Crippen LogP contribution in [0, 0.1) is 34.6 Å². The van der Waals surface area contributed by atoms with E-state index in [1.807, 2.05) is 52.8 Å². The van der Waals surface area contributed by atoms with Crippen LogP contribution in [-0.2, 0) is 4.74 Å². The van der Waals surface area contributed by atoms with E-state index in [9.17, 15) is 9.59 Å². The maximum Gasteiger partial charge on any atom is 0.338 e. The van der Waals surface area contributed by atoms with Gasteiger partial charge in [0.1, 0.15) is 0 Å². The van der Waals surface area contributed by atoms with Gasteiger partial charge < -0.3 is 4.74 Å². The third-order valence-electron chi connectivity index (χ3n) is 3.75. The third kappa shape index (κ3) is 4.07. The largest absolute Gasteiger partial charge is 0.454 e. The van der Waals surface area contributed by atoms with Crippen LogP contribution in [0.4, 0.5) is 0 Å². The number of aryl methyl sites for hydroxylation is 5. The highest BCUT2D eigenvalue weighted by Gasteiger charge is 2.16. The van der Waals surface area contributed by atoms with Gasteiger partial charge in [0.25, 0.3) is 0 Å². The molecule has 0 aromatic heterocycles. The predicted molar refractivity (Wildman–Crippen MR) is 91.2 cm³/mol. The first-order valence-electron chi connectivity index (χ1n) is 7.64. The number of ketones is 1. The Kier molecular flexibility index (Phi) is 4.99. The van der Waals surface area contributed by atoms with Crippen molar-refractivity contribution in [1.82, 2.24) is 0 Å². The van der Waals surface area contributed by atoms with Gasteiger partial charge in [0.15, 0.2) is 6.61 Å². The van der Waals surface area contributed by atoms with Gasteiger partial charge in [-0.25, -0.2) is 4.79 Å². The molecule has 0 N–H and O–H groups in total. The van der Waals surface area contributed by atoms with Crippen LogP contribution in [0.1, 0.15) is 48.5 Å². The van der Waals surface area contributed by atoms with E-state index in [4.69, 9.17) is 4.74 Å². The first-order valence-corrected chi connectivity index (χ1v) is 7.64. The first kappa shape index (κ1) is 16.9. The van der Waals surface area contributed by atoms with Crippen molar-refractivity contribution in [3.63, 3.8) is 0 Å². The second kappa shape index (κ2) is 6.78. The molecule has 0 atom stereocenters. The second-order valence-corrected chi connectivity index (χ2v) is 6.15. The van der Waals surface area contributed by atoms with E-state index in [-0.39, 0.29) is 12.4 Å². The average molecular weight is 310 g/mol. The summed E-state index contributed by atoms with van der Waals surface area (Å²) in [4.78, 5) is 24.5. The Hall–Kier alpha value is -2.42. The fraction of sp³-hybridized carbons (Fsp3) is 0.300. The van der Waals surface area contributed by atoms with E-state index in [1.54, 1.807) is 12.1 Å². The molecular formula is C20H22O3. The second-order valence-electron chi connectivity index (χ2n) is 6.15. The number of benzene rings is 2. The Morgan fingerprint density at radius 3 is 1.78 bits per heavy atom. The van der Waals surface area contributed by atoms with E-state index in [1.165, 1.54) is 0 Å². The van der Waals surface area contributed by atoms with Crippen molar-refractivity contribution in [1.29, 1.82) is 0 Å². The highest BCUT2D eigenvalue weighted by Crippen LogP contribution is 2.17. The lowest BCUT2D eigenvalue weighted by Crippen LogP contribution is -2.16. The molecule has 2 aromatic rings. The molecule has 120 valence electrons. The third-order valence-corrected chi connectivity index (χ3v) is 3.75. The van der Waals surface area contributed by atoms with Crippen molar-refractivity contribution < 1.29 is 14.3 Å². The molecule has 0 aliphatic carbocycles. The highest BCUT2D eigenvalue weighted by molar-refractivity contribution is 6.01. The van der Waals surface area contributed by atoms with E-state index in [0.29, 0.717) is 11.1 Å². The van der Waals surface area contributed by atoms with Gasteiger partial charge in [-0.1, -0.05) is 34.9 Å². The SMILES string of the molecule is Cc1cc(C)cc(C(=O)OCC(=O)c2c(C)cc(C)cc2C)c1. The molecule has 0 spiro atoms. The summed E-state index contributed by atoms with van der Waals surface area (Å²) >= 11 is 0. The number of hydrogen-bond acceptors (Lipinski definition) is 3. The van der Waals surface area contributed by atoms with Gasteiger partial charge in [-0.15, -0.1) is 0 Å². The number of carbonyl (C=O) groups is 2. The molecule has 0 saturated carbocycles. The fourth-order valence-corrected chi connectivity index (χ4v) is 3.00. The molecule has 0 aliphatic rings. The minimum absolute atomic E-state index is 0.169. The normalized spacial score (nSPS) is 10.5. The van der Waals surface area contributed by atoms with Crippen molar-refractivity contribution >= 4 is 11.8 Å². The van der Waals surface area contributed by atoms with Crippen LogP contribution in [0.25, 0.3) is 0 Å². The van der Waals surface area contributed by atoms with Crippen molar-refractivity contribution in [2.24, 2.45) is 0 Å². The molecule has 23 heavy (non-hydrogen) atoms. The molecule has 0 fully saturated rings. The maximum absolute atomic E-state index is 12.4. The average Bonchev–Trinajstić information content (AvgIpc) is 2.42. The smallest absolute Gasteiger partial charge is 0.338 e. The van der Waals surface area contributed by atoms with Gasteiger partial charge in [0.05, 0.1) is 5.56 Å². The van der Waals surface area contributed by atoms with Gasteiger partial charge in [-0.3, -0.25) is 4.79 Å². The molecule has 0 unspecified atom stereocenters. The zero-order valence-electron chi connectivity index (χ0n) is 14.3. The lowest BCUT2D eigenvalue weighted by atomic mass is 9.97. The Morgan fingerprint density at radius 1 is 0.783 bits per heavy atom. The quantitative estimate of drug-likeness (QED) is 0.625. The van der Waals surface area contributed by atoms with E-state index >= 15 is 0 Å². The Labute approximate surface area is 137 Å². The molecule has 0 radical (unpaired) electrons. The number of carbonyl (C=O) groups excluding carboxylic acids is 2. The molecule has 2 aromatic carbocycles. The van der Waals surface area contributed by atoms with Gasteiger partial charge in [0, 0.05) is 5.56 Å². The highest BCUT2D eigenvalue weighted by atomic mass is 16.5. The zero-order valence-corrected chi connectivity index (χ0v) is 14.3. The number of Topliss-reactive ketones (excluding diaryl/α,β-unsaturated/α-hetero) is 1. The lowest BCUT2D eigenvalue weighted by Gasteiger charge is -2.11. The number of rotatable bonds is 4. The van der Waals surface area contributed by atoms with E-state index < -0.39 is 5.97 Å². The molecule has 0 heterocycles. The monoisotopic (exact) mass is 310 g/mol. The minimum Gasteiger partial charge on any atom is -0.454 e. The molecule has 3 heteroatoms. The van der Waals surface area contributed by atoms with Crippen LogP contribution >= 0.6 is 0 Å². The fourth-order valence-electron chi connectivity index (χ4n) is 3.00.